The highest BCUT2D eigenvalue weighted by atomic mass is 32.1. The Morgan fingerprint density at radius 1 is 1.42 bits per heavy atom. The monoisotopic (exact) mass is 292 g/mol. The number of hydrogen-bond acceptors (Lipinski definition) is 5. The van der Waals surface area contributed by atoms with Crippen molar-refractivity contribution in [2.24, 2.45) is 5.73 Å². The van der Waals surface area contributed by atoms with Gasteiger partial charge in [-0.25, -0.2) is 0 Å². The summed E-state index contributed by atoms with van der Waals surface area (Å²) in [5.74, 6) is -0.253. The van der Waals surface area contributed by atoms with Crippen molar-refractivity contribution in [3.8, 4) is 0 Å². The van der Waals surface area contributed by atoms with Gasteiger partial charge in [0, 0.05) is 11.1 Å². The Labute approximate surface area is 119 Å². The second-order valence-electron chi connectivity index (χ2n) is 3.75. The molecule has 0 saturated heterocycles. The number of carbonyl (C=O) groups is 1. The molecule has 5 nitrogen and oxygen atoms in total. The van der Waals surface area contributed by atoms with Crippen molar-refractivity contribution in [3.63, 3.8) is 0 Å². The van der Waals surface area contributed by atoms with Gasteiger partial charge in [0.25, 0.3) is 5.91 Å². The fourth-order valence-corrected chi connectivity index (χ4v) is 2.23. The predicted molar refractivity (Wildman–Crippen MR) is 79.6 cm³/mol. The summed E-state index contributed by atoms with van der Waals surface area (Å²) in [4.78, 5) is 12.3. The average Bonchev–Trinajstić information content (AvgIpc) is 2.86. The minimum atomic E-state index is -0.253. The highest BCUT2D eigenvalue weighted by molar-refractivity contribution is 7.80. The van der Waals surface area contributed by atoms with Crippen LogP contribution in [-0.4, -0.2) is 21.1 Å². The van der Waals surface area contributed by atoms with Crippen LogP contribution in [0.1, 0.15) is 27.9 Å². The van der Waals surface area contributed by atoms with Gasteiger partial charge in [-0.05, 0) is 18.6 Å². The van der Waals surface area contributed by atoms with E-state index in [4.69, 9.17) is 18.0 Å². The van der Waals surface area contributed by atoms with E-state index in [1.165, 1.54) is 11.3 Å². The minimum absolute atomic E-state index is 0.253. The van der Waals surface area contributed by atoms with E-state index < -0.39 is 0 Å². The third-order valence-corrected chi connectivity index (χ3v) is 3.62. The predicted octanol–water partition coefficient (Wildman–Crippen LogP) is 1.99. The molecule has 3 N–H and O–H groups in total. The van der Waals surface area contributed by atoms with Gasteiger partial charge in [0.15, 0.2) is 0 Å². The number of nitrogens with zero attached hydrogens (tertiary/aromatic N) is 2. The molecule has 0 aliphatic heterocycles. The second-order valence-corrected chi connectivity index (χ2v) is 5.26. The summed E-state index contributed by atoms with van der Waals surface area (Å²) >= 11 is 6.24. The third kappa shape index (κ3) is 3.33. The van der Waals surface area contributed by atoms with Crippen LogP contribution in [0.15, 0.2) is 24.3 Å². The molecule has 0 saturated carbocycles. The lowest BCUT2D eigenvalue weighted by Gasteiger charge is -2.03. The van der Waals surface area contributed by atoms with E-state index in [0.717, 1.165) is 11.4 Å². The molecule has 1 amide bonds. The molecule has 0 bridgehead atoms. The van der Waals surface area contributed by atoms with Gasteiger partial charge >= 0.3 is 0 Å². The number of hydrogen-bond donors (Lipinski definition) is 2. The molecule has 0 spiro atoms. The first-order valence-electron chi connectivity index (χ1n) is 5.63. The maximum atomic E-state index is 12.0. The number of benzene rings is 1. The molecule has 7 heteroatoms. The molecule has 0 radical (unpaired) electrons. The standard InChI is InChI=1S/C12H12N4OS2/c1-2-9-15-16-12(19-9)14-11(17)8-5-3-4-7(6-8)10(13)18/h3-6H,2H2,1H3,(H2,13,18)(H,14,16,17). The number of nitrogens with one attached hydrogen (secondary N) is 1. The van der Waals surface area contributed by atoms with Crippen LogP contribution in [0.5, 0.6) is 0 Å². The number of anilines is 1. The van der Waals surface area contributed by atoms with Gasteiger partial charge in [-0.1, -0.05) is 42.6 Å². The number of amides is 1. The zero-order valence-electron chi connectivity index (χ0n) is 10.2. The molecule has 0 aliphatic carbocycles. The van der Waals surface area contributed by atoms with Gasteiger partial charge in [-0.2, -0.15) is 0 Å². The van der Waals surface area contributed by atoms with Gasteiger partial charge in [-0.15, -0.1) is 10.2 Å². The van der Waals surface area contributed by atoms with E-state index in [1.54, 1.807) is 24.3 Å². The Bertz CT molecular complexity index is 624. The molecule has 2 aromatic rings. The number of rotatable bonds is 4. The SMILES string of the molecule is CCc1nnc(NC(=O)c2cccc(C(N)=S)c2)s1. The van der Waals surface area contributed by atoms with Crippen LogP contribution in [0.2, 0.25) is 0 Å². The normalized spacial score (nSPS) is 10.2. The summed E-state index contributed by atoms with van der Waals surface area (Å²) in [6.45, 7) is 1.98. The van der Waals surface area contributed by atoms with Crippen LogP contribution in [0.4, 0.5) is 5.13 Å². The summed E-state index contributed by atoms with van der Waals surface area (Å²) in [5, 5.41) is 11.9. The summed E-state index contributed by atoms with van der Waals surface area (Å²) < 4.78 is 0. The summed E-state index contributed by atoms with van der Waals surface area (Å²) in [7, 11) is 0. The van der Waals surface area contributed by atoms with Gasteiger partial charge < -0.3 is 5.73 Å². The average molecular weight is 292 g/mol. The number of aryl methyl sites for hydroxylation is 1. The zero-order valence-corrected chi connectivity index (χ0v) is 11.8. The summed E-state index contributed by atoms with van der Waals surface area (Å²) in [5.41, 5.74) is 6.68. The molecule has 0 atom stereocenters. The highest BCUT2D eigenvalue weighted by Crippen LogP contribution is 2.16. The molecule has 98 valence electrons. The van der Waals surface area contributed by atoms with E-state index in [9.17, 15) is 4.79 Å². The third-order valence-electron chi connectivity index (χ3n) is 2.40. The smallest absolute Gasteiger partial charge is 0.257 e. The largest absolute Gasteiger partial charge is 0.389 e. The Balaban J connectivity index is 2.15. The molecule has 0 unspecified atom stereocenters. The van der Waals surface area contributed by atoms with Crippen molar-refractivity contribution < 1.29 is 4.79 Å². The van der Waals surface area contributed by atoms with E-state index in [1.807, 2.05) is 6.92 Å². The lowest BCUT2D eigenvalue weighted by atomic mass is 10.1. The van der Waals surface area contributed by atoms with Crippen molar-refractivity contribution in [2.45, 2.75) is 13.3 Å². The van der Waals surface area contributed by atoms with E-state index >= 15 is 0 Å². The van der Waals surface area contributed by atoms with Gasteiger partial charge in [-0.3, -0.25) is 10.1 Å². The lowest BCUT2D eigenvalue weighted by molar-refractivity contribution is 0.102. The van der Waals surface area contributed by atoms with E-state index in [2.05, 4.69) is 15.5 Å². The van der Waals surface area contributed by atoms with Crippen molar-refractivity contribution in [2.75, 3.05) is 5.32 Å². The Morgan fingerprint density at radius 2 is 2.16 bits per heavy atom. The Kier molecular flexibility index (Phi) is 4.18. The van der Waals surface area contributed by atoms with Crippen LogP contribution in [0, 0.1) is 0 Å². The number of aromatic nitrogens is 2. The van der Waals surface area contributed by atoms with E-state index in [0.29, 0.717) is 16.3 Å². The molecular formula is C12H12N4OS2. The molecule has 1 aromatic heterocycles. The van der Waals surface area contributed by atoms with Crippen molar-refractivity contribution in [3.05, 3.63) is 40.4 Å². The first kappa shape index (κ1) is 13.6. The maximum absolute atomic E-state index is 12.0. The number of nitrogens with two attached hydrogens (primary N) is 1. The quantitative estimate of drug-likeness (QED) is 0.842. The van der Waals surface area contributed by atoms with Crippen LogP contribution >= 0.6 is 23.6 Å². The molecule has 0 fully saturated rings. The van der Waals surface area contributed by atoms with Gasteiger partial charge in [0.05, 0.1) is 0 Å². The molecule has 19 heavy (non-hydrogen) atoms. The molecular weight excluding hydrogens is 280 g/mol. The number of thiocarbonyl (C=S) groups is 1. The topological polar surface area (TPSA) is 80.9 Å². The fraction of sp³-hybridized carbons (Fsp3) is 0.167. The van der Waals surface area contributed by atoms with Crippen LogP contribution < -0.4 is 11.1 Å². The van der Waals surface area contributed by atoms with Crippen molar-refractivity contribution >= 4 is 39.6 Å². The van der Waals surface area contributed by atoms with Gasteiger partial charge in [0.1, 0.15) is 10.00 Å². The first-order chi connectivity index (χ1) is 9.10. The zero-order chi connectivity index (χ0) is 13.8. The lowest BCUT2D eigenvalue weighted by Crippen LogP contribution is -2.14. The van der Waals surface area contributed by atoms with Crippen molar-refractivity contribution in [1.29, 1.82) is 0 Å². The summed E-state index contributed by atoms with van der Waals surface area (Å²) in [6.07, 6.45) is 0.796. The molecule has 1 aromatic carbocycles. The fourth-order valence-electron chi connectivity index (χ4n) is 1.43. The van der Waals surface area contributed by atoms with E-state index in [-0.39, 0.29) is 10.9 Å². The van der Waals surface area contributed by atoms with Gasteiger partial charge in [0.2, 0.25) is 5.13 Å². The molecule has 2 rings (SSSR count). The van der Waals surface area contributed by atoms with Crippen LogP contribution in [0.25, 0.3) is 0 Å². The van der Waals surface area contributed by atoms with Crippen LogP contribution in [0.3, 0.4) is 0 Å². The number of carbonyl (C=O) groups excluding carboxylic acids is 1. The summed E-state index contributed by atoms with van der Waals surface area (Å²) in [6, 6.07) is 6.85. The first-order valence-corrected chi connectivity index (χ1v) is 6.86. The van der Waals surface area contributed by atoms with Crippen LogP contribution in [-0.2, 0) is 6.42 Å². The maximum Gasteiger partial charge on any atom is 0.257 e. The molecule has 0 aliphatic rings. The Hall–Kier alpha value is -1.86. The minimum Gasteiger partial charge on any atom is -0.389 e. The highest BCUT2D eigenvalue weighted by Gasteiger charge is 2.10. The van der Waals surface area contributed by atoms with Crippen molar-refractivity contribution in [1.82, 2.24) is 10.2 Å². The second kappa shape index (κ2) is 5.85. The Morgan fingerprint density at radius 3 is 2.79 bits per heavy atom. The molecule has 1 heterocycles.